The first kappa shape index (κ1) is 17.5. The predicted octanol–water partition coefficient (Wildman–Crippen LogP) is 3.53. The Morgan fingerprint density at radius 3 is 2.50 bits per heavy atom. The van der Waals surface area contributed by atoms with E-state index in [-0.39, 0.29) is 19.1 Å². The molecule has 0 aliphatic heterocycles. The van der Waals surface area contributed by atoms with Crippen LogP contribution in [-0.4, -0.2) is 25.0 Å². The number of benzene rings is 2. The third-order valence-electron chi connectivity index (χ3n) is 3.66. The molecule has 2 aromatic carbocycles. The Hall–Kier alpha value is -2.82. The van der Waals surface area contributed by atoms with Crippen LogP contribution in [0.4, 0.5) is 11.4 Å². The summed E-state index contributed by atoms with van der Waals surface area (Å²) >= 11 is 0. The zero-order valence-corrected chi connectivity index (χ0v) is 14.2. The van der Waals surface area contributed by atoms with E-state index < -0.39 is 5.97 Å². The molecule has 2 N–H and O–H groups in total. The molecule has 0 aromatic heterocycles. The van der Waals surface area contributed by atoms with Crippen molar-refractivity contribution in [3.63, 3.8) is 0 Å². The molecule has 0 heterocycles. The second-order valence-corrected chi connectivity index (χ2v) is 5.47. The number of carbonyl (C=O) groups excluding carboxylic acids is 2. The molecule has 0 spiro atoms. The summed E-state index contributed by atoms with van der Waals surface area (Å²) in [5.74, 6) is -0.680. The van der Waals surface area contributed by atoms with Gasteiger partial charge in [0.25, 0.3) is 0 Å². The van der Waals surface area contributed by atoms with Crippen molar-refractivity contribution in [2.24, 2.45) is 0 Å². The maximum Gasteiger partial charge on any atom is 0.340 e. The molecule has 0 fully saturated rings. The molecule has 0 unspecified atom stereocenters. The van der Waals surface area contributed by atoms with Gasteiger partial charge in [-0.3, -0.25) is 4.79 Å². The highest BCUT2D eigenvalue weighted by Gasteiger charge is 2.13. The molecule has 0 saturated heterocycles. The number of ether oxygens (including phenoxy) is 1. The van der Waals surface area contributed by atoms with Gasteiger partial charge in [0, 0.05) is 5.69 Å². The molecule has 24 heavy (non-hydrogen) atoms. The lowest BCUT2D eigenvalue weighted by atomic mass is 10.1. The van der Waals surface area contributed by atoms with Gasteiger partial charge >= 0.3 is 5.97 Å². The molecule has 0 saturated carbocycles. The summed E-state index contributed by atoms with van der Waals surface area (Å²) in [7, 11) is 0. The van der Waals surface area contributed by atoms with Crippen LogP contribution in [0.2, 0.25) is 0 Å². The highest BCUT2D eigenvalue weighted by Crippen LogP contribution is 2.17. The zero-order chi connectivity index (χ0) is 17.5. The molecule has 2 rings (SSSR count). The standard InChI is InChI=1S/C19H22N2O3/c1-4-24-19(23)16-7-5-6-8-17(16)21-18(22)12-20-15-10-9-13(2)14(3)11-15/h5-11,20H,4,12H2,1-3H3,(H,21,22). The lowest BCUT2D eigenvalue weighted by Crippen LogP contribution is -2.23. The quantitative estimate of drug-likeness (QED) is 0.797. The van der Waals surface area contributed by atoms with E-state index in [9.17, 15) is 9.59 Å². The molecule has 0 aliphatic rings. The Balaban J connectivity index is 1.99. The summed E-state index contributed by atoms with van der Waals surface area (Å²) in [5.41, 5.74) is 4.04. The van der Waals surface area contributed by atoms with Crippen molar-refractivity contribution in [3.8, 4) is 0 Å². The van der Waals surface area contributed by atoms with Gasteiger partial charge in [0.1, 0.15) is 0 Å². The summed E-state index contributed by atoms with van der Waals surface area (Å²) < 4.78 is 5.00. The van der Waals surface area contributed by atoms with Crippen molar-refractivity contribution < 1.29 is 14.3 Å². The minimum absolute atomic E-state index is 0.111. The van der Waals surface area contributed by atoms with Gasteiger partial charge in [-0.2, -0.15) is 0 Å². The number of para-hydroxylation sites is 1. The lowest BCUT2D eigenvalue weighted by molar-refractivity contribution is -0.114. The Morgan fingerprint density at radius 1 is 1.04 bits per heavy atom. The third-order valence-corrected chi connectivity index (χ3v) is 3.66. The number of rotatable bonds is 6. The first-order valence-corrected chi connectivity index (χ1v) is 7.88. The van der Waals surface area contributed by atoms with Crippen molar-refractivity contribution in [2.45, 2.75) is 20.8 Å². The van der Waals surface area contributed by atoms with E-state index in [0.29, 0.717) is 11.3 Å². The fourth-order valence-corrected chi connectivity index (χ4v) is 2.21. The topological polar surface area (TPSA) is 67.4 Å². The largest absolute Gasteiger partial charge is 0.462 e. The first-order valence-electron chi connectivity index (χ1n) is 7.88. The van der Waals surface area contributed by atoms with Gasteiger partial charge in [-0.05, 0) is 56.2 Å². The van der Waals surface area contributed by atoms with E-state index in [1.165, 1.54) is 5.56 Å². The van der Waals surface area contributed by atoms with Gasteiger partial charge in [-0.15, -0.1) is 0 Å². The van der Waals surface area contributed by atoms with Gasteiger partial charge < -0.3 is 15.4 Å². The summed E-state index contributed by atoms with van der Waals surface area (Å²) in [6.07, 6.45) is 0. The summed E-state index contributed by atoms with van der Waals surface area (Å²) in [6, 6.07) is 12.7. The van der Waals surface area contributed by atoms with Crippen LogP contribution in [0.15, 0.2) is 42.5 Å². The van der Waals surface area contributed by atoms with Gasteiger partial charge in [0.05, 0.1) is 24.4 Å². The minimum atomic E-state index is -0.449. The molecule has 126 valence electrons. The predicted molar refractivity (Wildman–Crippen MR) is 95.4 cm³/mol. The Kier molecular flexibility index (Phi) is 5.95. The lowest BCUT2D eigenvalue weighted by Gasteiger charge is -2.12. The highest BCUT2D eigenvalue weighted by molar-refractivity contribution is 6.02. The number of carbonyl (C=O) groups is 2. The fourth-order valence-electron chi connectivity index (χ4n) is 2.21. The minimum Gasteiger partial charge on any atom is -0.462 e. The van der Waals surface area contributed by atoms with Gasteiger partial charge in [-0.1, -0.05) is 18.2 Å². The third kappa shape index (κ3) is 4.59. The maximum atomic E-state index is 12.1. The zero-order valence-electron chi connectivity index (χ0n) is 14.2. The molecular formula is C19H22N2O3. The van der Waals surface area contributed by atoms with E-state index in [1.54, 1.807) is 31.2 Å². The number of anilines is 2. The van der Waals surface area contributed by atoms with Crippen LogP contribution in [0, 0.1) is 13.8 Å². The van der Waals surface area contributed by atoms with Crippen LogP contribution in [0.5, 0.6) is 0 Å². The van der Waals surface area contributed by atoms with E-state index in [1.807, 2.05) is 32.0 Å². The van der Waals surface area contributed by atoms with Crippen molar-refractivity contribution >= 4 is 23.3 Å². The van der Waals surface area contributed by atoms with Crippen molar-refractivity contribution in [3.05, 3.63) is 59.2 Å². The van der Waals surface area contributed by atoms with Crippen LogP contribution in [0.1, 0.15) is 28.4 Å². The van der Waals surface area contributed by atoms with Gasteiger partial charge in [0.2, 0.25) is 5.91 Å². The van der Waals surface area contributed by atoms with E-state index in [0.717, 1.165) is 11.3 Å². The van der Waals surface area contributed by atoms with Gasteiger partial charge in [0.15, 0.2) is 0 Å². The molecule has 1 amide bonds. The molecule has 0 bridgehead atoms. The second-order valence-electron chi connectivity index (χ2n) is 5.47. The second kappa shape index (κ2) is 8.15. The average molecular weight is 326 g/mol. The van der Waals surface area contributed by atoms with Gasteiger partial charge in [-0.25, -0.2) is 4.79 Å². The molecule has 5 heteroatoms. The molecule has 5 nitrogen and oxygen atoms in total. The Labute approximate surface area is 142 Å². The van der Waals surface area contributed by atoms with Crippen molar-refractivity contribution in [1.82, 2.24) is 0 Å². The van der Waals surface area contributed by atoms with Crippen LogP contribution in [0.3, 0.4) is 0 Å². The highest BCUT2D eigenvalue weighted by atomic mass is 16.5. The monoisotopic (exact) mass is 326 g/mol. The summed E-state index contributed by atoms with van der Waals surface area (Å²) in [6.45, 7) is 6.20. The van der Waals surface area contributed by atoms with Crippen molar-refractivity contribution in [2.75, 3.05) is 23.8 Å². The molecule has 0 aliphatic carbocycles. The molecule has 0 atom stereocenters. The smallest absolute Gasteiger partial charge is 0.340 e. The molecule has 2 aromatic rings. The number of nitrogens with one attached hydrogen (secondary N) is 2. The SMILES string of the molecule is CCOC(=O)c1ccccc1NC(=O)CNc1ccc(C)c(C)c1. The maximum absolute atomic E-state index is 12.1. The Morgan fingerprint density at radius 2 is 1.79 bits per heavy atom. The summed E-state index contributed by atoms with van der Waals surface area (Å²) in [5, 5.41) is 5.82. The number of amides is 1. The van der Waals surface area contributed by atoms with E-state index in [2.05, 4.69) is 10.6 Å². The summed E-state index contributed by atoms with van der Waals surface area (Å²) in [4.78, 5) is 24.1. The molecular weight excluding hydrogens is 304 g/mol. The van der Waals surface area contributed by atoms with Crippen LogP contribution >= 0.6 is 0 Å². The van der Waals surface area contributed by atoms with Crippen molar-refractivity contribution in [1.29, 1.82) is 0 Å². The Bertz CT molecular complexity index is 741. The molecule has 0 radical (unpaired) electrons. The van der Waals surface area contributed by atoms with Crippen LogP contribution in [0.25, 0.3) is 0 Å². The number of hydrogen-bond acceptors (Lipinski definition) is 4. The van der Waals surface area contributed by atoms with Crippen LogP contribution < -0.4 is 10.6 Å². The number of hydrogen-bond donors (Lipinski definition) is 2. The van der Waals surface area contributed by atoms with Crippen LogP contribution in [-0.2, 0) is 9.53 Å². The van der Waals surface area contributed by atoms with E-state index in [4.69, 9.17) is 4.74 Å². The fraction of sp³-hybridized carbons (Fsp3) is 0.263. The van der Waals surface area contributed by atoms with E-state index >= 15 is 0 Å². The first-order chi connectivity index (χ1) is 11.5. The number of aryl methyl sites for hydroxylation is 2. The average Bonchev–Trinajstić information content (AvgIpc) is 2.56. The normalized spacial score (nSPS) is 10.1. The number of esters is 1.